The van der Waals surface area contributed by atoms with E-state index in [0.29, 0.717) is 30.8 Å². The van der Waals surface area contributed by atoms with Crippen LogP contribution in [0.25, 0.3) is 0 Å². The lowest BCUT2D eigenvalue weighted by molar-refractivity contribution is 0.0691. The van der Waals surface area contributed by atoms with Crippen molar-refractivity contribution >= 4 is 23.5 Å². The second kappa shape index (κ2) is 8.07. The van der Waals surface area contributed by atoms with Crippen molar-refractivity contribution in [3.63, 3.8) is 0 Å². The van der Waals surface area contributed by atoms with Crippen LogP contribution in [0.1, 0.15) is 63.2 Å². The number of aryl methyl sites for hydroxylation is 1. The third-order valence-electron chi connectivity index (χ3n) is 4.63. The summed E-state index contributed by atoms with van der Waals surface area (Å²) in [6.45, 7) is 3.17. The molecule has 1 fully saturated rings. The molecule has 1 aromatic heterocycles. The SMILES string of the molecule is CCc1oc(C(=O)Nc2ccccc2C(=O)N2CCCCC2)cc1C(=O)O. The molecule has 0 spiro atoms. The van der Waals surface area contributed by atoms with E-state index in [-0.39, 0.29) is 23.0 Å². The van der Waals surface area contributed by atoms with E-state index < -0.39 is 11.9 Å². The summed E-state index contributed by atoms with van der Waals surface area (Å²) in [7, 11) is 0. The number of carbonyl (C=O) groups is 3. The number of nitrogens with zero attached hydrogens (tertiary/aromatic N) is 1. The van der Waals surface area contributed by atoms with E-state index in [2.05, 4.69) is 5.32 Å². The second-order valence-electron chi connectivity index (χ2n) is 6.46. The van der Waals surface area contributed by atoms with Gasteiger partial charge in [-0.3, -0.25) is 9.59 Å². The normalized spacial score (nSPS) is 14.0. The van der Waals surface area contributed by atoms with Crippen LogP contribution < -0.4 is 5.32 Å². The van der Waals surface area contributed by atoms with Gasteiger partial charge in [-0.2, -0.15) is 0 Å². The van der Waals surface area contributed by atoms with Crippen molar-refractivity contribution in [2.24, 2.45) is 0 Å². The first-order chi connectivity index (χ1) is 13.0. The van der Waals surface area contributed by atoms with E-state index in [9.17, 15) is 19.5 Å². The zero-order chi connectivity index (χ0) is 19.4. The molecule has 1 saturated heterocycles. The second-order valence-corrected chi connectivity index (χ2v) is 6.46. The number of furan rings is 1. The molecule has 7 nitrogen and oxygen atoms in total. The summed E-state index contributed by atoms with van der Waals surface area (Å²) in [6.07, 6.45) is 3.43. The molecule has 1 aliphatic heterocycles. The van der Waals surface area contributed by atoms with Gasteiger partial charge in [-0.05, 0) is 31.4 Å². The Labute approximate surface area is 157 Å². The van der Waals surface area contributed by atoms with Crippen molar-refractivity contribution in [2.75, 3.05) is 18.4 Å². The fraction of sp³-hybridized carbons (Fsp3) is 0.350. The van der Waals surface area contributed by atoms with Crippen LogP contribution in [0.5, 0.6) is 0 Å². The molecule has 1 aromatic carbocycles. The molecule has 0 radical (unpaired) electrons. The summed E-state index contributed by atoms with van der Waals surface area (Å²) >= 11 is 0. The smallest absolute Gasteiger partial charge is 0.339 e. The number of benzene rings is 1. The highest BCUT2D eigenvalue weighted by Crippen LogP contribution is 2.22. The largest absolute Gasteiger partial charge is 0.478 e. The summed E-state index contributed by atoms with van der Waals surface area (Å²) < 4.78 is 5.39. The molecular formula is C20H22N2O5. The Balaban J connectivity index is 1.82. The number of hydrogen-bond acceptors (Lipinski definition) is 4. The number of aromatic carboxylic acids is 1. The van der Waals surface area contributed by atoms with Gasteiger partial charge in [0.2, 0.25) is 0 Å². The predicted octanol–water partition coefficient (Wildman–Crippen LogP) is 3.42. The van der Waals surface area contributed by atoms with Gasteiger partial charge in [-0.1, -0.05) is 19.1 Å². The molecule has 0 bridgehead atoms. The topological polar surface area (TPSA) is 99.9 Å². The van der Waals surface area contributed by atoms with Crippen molar-refractivity contribution in [3.05, 3.63) is 53.0 Å². The average molecular weight is 370 g/mol. The molecular weight excluding hydrogens is 348 g/mol. The Hall–Kier alpha value is -3.09. The van der Waals surface area contributed by atoms with Crippen LogP contribution in [0, 0.1) is 0 Å². The van der Waals surface area contributed by atoms with Gasteiger partial charge in [0.15, 0.2) is 5.76 Å². The fourth-order valence-electron chi connectivity index (χ4n) is 3.21. The predicted molar refractivity (Wildman–Crippen MR) is 99.2 cm³/mol. The van der Waals surface area contributed by atoms with Gasteiger partial charge in [0.1, 0.15) is 11.3 Å². The summed E-state index contributed by atoms with van der Waals surface area (Å²) in [4.78, 5) is 38.4. The van der Waals surface area contributed by atoms with Crippen molar-refractivity contribution in [1.29, 1.82) is 0 Å². The Kier molecular flexibility index (Phi) is 5.59. The molecule has 27 heavy (non-hydrogen) atoms. The zero-order valence-electron chi connectivity index (χ0n) is 15.2. The van der Waals surface area contributed by atoms with Gasteiger partial charge in [0, 0.05) is 25.6 Å². The number of anilines is 1. The van der Waals surface area contributed by atoms with Gasteiger partial charge in [-0.25, -0.2) is 4.79 Å². The average Bonchev–Trinajstić information content (AvgIpc) is 3.13. The van der Waals surface area contributed by atoms with Gasteiger partial charge < -0.3 is 19.7 Å². The van der Waals surface area contributed by atoms with E-state index in [1.807, 2.05) is 0 Å². The lowest BCUT2D eigenvalue weighted by atomic mass is 10.1. The highest BCUT2D eigenvalue weighted by molar-refractivity contribution is 6.08. The van der Waals surface area contributed by atoms with Crippen LogP contribution in [0.2, 0.25) is 0 Å². The van der Waals surface area contributed by atoms with Gasteiger partial charge in [0.05, 0.1) is 11.3 Å². The van der Waals surface area contributed by atoms with E-state index in [4.69, 9.17) is 4.42 Å². The van der Waals surface area contributed by atoms with Crippen molar-refractivity contribution < 1.29 is 23.9 Å². The highest BCUT2D eigenvalue weighted by Gasteiger charge is 2.24. The minimum absolute atomic E-state index is 0.0275. The van der Waals surface area contributed by atoms with Crippen LogP contribution in [0.3, 0.4) is 0 Å². The summed E-state index contributed by atoms with van der Waals surface area (Å²) in [5.41, 5.74) is 0.762. The lowest BCUT2D eigenvalue weighted by Crippen LogP contribution is -2.36. The number of rotatable bonds is 5. The highest BCUT2D eigenvalue weighted by atomic mass is 16.4. The number of para-hydroxylation sites is 1. The van der Waals surface area contributed by atoms with E-state index in [0.717, 1.165) is 19.3 Å². The number of piperidine rings is 1. The number of carboxylic acid groups (broad SMARTS) is 1. The van der Waals surface area contributed by atoms with Crippen LogP contribution in [-0.2, 0) is 6.42 Å². The molecule has 142 valence electrons. The monoisotopic (exact) mass is 370 g/mol. The molecule has 0 atom stereocenters. The zero-order valence-corrected chi connectivity index (χ0v) is 15.2. The molecule has 3 rings (SSSR count). The Bertz CT molecular complexity index is 865. The minimum atomic E-state index is -1.14. The quantitative estimate of drug-likeness (QED) is 0.840. The van der Waals surface area contributed by atoms with E-state index in [1.54, 1.807) is 36.1 Å². The number of amides is 2. The van der Waals surface area contributed by atoms with Gasteiger partial charge in [0.25, 0.3) is 11.8 Å². The van der Waals surface area contributed by atoms with Gasteiger partial charge >= 0.3 is 5.97 Å². The van der Waals surface area contributed by atoms with E-state index in [1.165, 1.54) is 6.07 Å². The Morgan fingerprint density at radius 3 is 2.44 bits per heavy atom. The number of nitrogens with one attached hydrogen (secondary N) is 1. The first-order valence-corrected chi connectivity index (χ1v) is 9.07. The summed E-state index contributed by atoms with van der Waals surface area (Å²) in [5, 5.41) is 11.9. The van der Waals surface area contributed by atoms with Crippen LogP contribution in [-0.4, -0.2) is 40.9 Å². The van der Waals surface area contributed by atoms with E-state index >= 15 is 0 Å². The number of carboxylic acids is 1. The minimum Gasteiger partial charge on any atom is -0.478 e. The number of likely N-dealkylation sites (tertiary alicyclic amines) is 1. The molecule has 2 N–H and O–H groups in total. The molecule has 0 saturated carbocycles. The summed E-state index contributed by atoms with van der Waals surface area (Å²) in [6, 6.07) is 8.01. The first-order valence-electron chi connectivity index (χ1n) is 9.07. The molecule has 0 aliphatic carbocycles. The van der Waals surface area contributed by atoms with Crippen LogP contribution >= 0.6 is 0 Å². The standard InChI is InChI=1S/C20H22N2O5/c1-2-16-14(20(25)26)12-17(27-16)18(23)21-15-9-5-4-8-13(15)19(24)22-10-6-3-7-11-22/h4-5,8-9,12H,2-3,6-7,10-11H2,1H3,(H,21,23)(H,25,26). The molecule has 2 heterocycles. The lowest BCUT2D eigenvalue weighted by Gasteiger charge is -2.27. The fourth-order valence-corrected chi connectivity index (χ4v) is 3.21. The van der Waals surface area contributed by atoms with Crippen LogP contribution in [0.4, 0.5) is 5.69 Å². The molecule has 2 amide bonds. The van der Waals surface area contributed by atoms with Gasteiger partial charge in [-0.15, -0.1) is 0 Å². The van der Waals surface area contributed by atoms with Crippen molar-refractivity contribution in [2.45, 2.75) is 32.6 Å². The molecule has 2 aromatic rings. The number of carbonyl (C=O) groups excluding carboxylic acids is 2. The number of hydrogen-bond donors (Lipinski definition) is 2. The van der Waals surface area contributed by atoms with Crippen LogP contribution in [0.15, 0.2) is 34.7 Å². The third-order valence-corrected chi connectivity index (χ3v) is 4.63. The maximum Gasteiger partial charge on any atom is 0.339 e. The van der Waals surface area contributed by atoms with Crippen molar-refractivity contribution in [3.8, 4) is 0 Å². The third kappa shape index (κ3) is 4.02. The maximum absolute atomic E-state index is 12.8. The first kappa shape index (κ1) is 18.7. The molecule has 1 aliphatic rings. The van der Waals surface area contributed by atoms with Crippen molar-refractivity contribution in [1.82, 2.24) is 4.90 Å². The Morgan fingerprint density at radius 1 is 1.11 bits per heavy atom. The molecule has 0 unspecified atom stereocenters. The Morgan fingerprint density at radius 2 is 1.81 bits per heavy atom. The maximum atomic E-state index is 12.8. The molecule has 7 heteroatoms. The summed E-state index contributed by atoms with van der Waals surface area (Å²) in [5.74, 6) is -1.70.